The molecule has 4 unspecified atom stereocenters. The van der Waals surface area contributed by atoms with Crippen molar-refractivity contribution in [2.75, 3.05) is 6.54 Å². The lowest BCUT2D eigenvalue weighted by atomic mass is 9.99. The first-order chi connectivity index (χ1) is 27.9. The van der Waals surface area contributed by atoms with Crippen LogP contribution in [-0.2, 0) is 44.8 Å². The van der Waals surface area contributed by atoms with Crippen LogP contribution in [0.5, 0.6) is 0 Å². The lowest BCUT2D eigenvalue weighted by molar-refractivity contribution is -0.142. The molecule has 8 atom stereocenters. The van der Waals surface area contributed by atoms with E-state index in [1.165, 1.54) is 13.8 Å². The highest BCUT2D eigenvalue weighted by atomic mass is 16.4. The van der Waals surface area contributed by atoms with Crippen molar-refractivity contribution in [3.05, 3.63) is 35.4 Å². The summed E-state index contributed by atoms with van der Waals surface area (Å²) in [5.41, 5.74) is 18.4. The van der Waals surface area contributed by atoms with Gasteiger partial charge in [0, 0.05) is 19.4 Å². The summed E-state index contributed by atoms with van der Waals surface area (Å²) < 4.78 is 0. The van der Waals surface area contributed by atoms with Gasteiger partial charge in [0.1, 0.15) is 36.3 Å². The predicted molar refractivity (Wildman–Crippen MR) is 221 cm³/mol. The highest BCUT2D eigenvalue weighted by Crippen LogP contribution is 2.11. The van der Waals surface area contributed by atoms with E-state index in [4.69, 9.17) is 17.2 Å². The van der Waals surface area contributed by atoms with Gasteiger partial charge in [0.15, 0.2) is 5.96 Å². The van der Waals surface area contributed by atoms with Crippen LogP contribution in [0, 0.1) is 18.8 Å². The van der Waals surface area contributed by atoms with Crippen LogP contribution in [0.4, 0.5) is 0 Å². The minimum absolute atomic E-state index is 0.0260. The fraction of sp³-hybridized carbons (Fsp3) is 0.615. The molecule has 1 rings (SSSR count). The van der Waals surface area contributed by atoms with Crippen LogP contribution in [0.2, 0.25) is 0 Å². The highest BCUT2D eigenvalue weighted by Gasteiger charge is 2.36. The number of carboxylic acid groups (broad SMARTS) is 2. The maximum Gasteiger partial charge on any atom is 0.325 e. The Balaban J connectivity index is 3.31. The molecule has 0 aromatic heterocycles. The number of aliphatic hydroxyl groups is 1. The third-order valence-electron chi connectivity index (χ3n) is 9.16. The standard InChI is InChI=1S/C39H64N10O11/c1-19(2)17-27(34(55)44-22(6)38(59)60)47-33(54)26(14-15-29(51)52)45-36(57)30(20(3)4)48-37(58)31(23(7)50)49-35(56)28(18-24-12-10-21(5)11-13-24)46-32(53)25(40)9-8-16-43-39(41)42/h10-13,19-20,22-23,25-28,30-31,50H,8-9,14-18,40H2,1-7H3,(H,44,55)(H,45,57)(H,46,53)(H,47,54)(H,48,58)(H,49,56)(H,51,52)(H,59,60)(H4,41,42,43)/t22-,23-,25-,26-,27?,28?,30?,31?/m1/s1. The number of carboxylic acids is 2. The van der Waals surface area contributed by atoms with Gasteiger partial charge in [0.05, 0.1) is 12.1 Å². The number of nitrogens with two attached hydrogens (primary N) is 3. The summed E-state index contributed by atoms with van der Waals surface area (Å²) >= 11 is 0. The Labute approximate surface area is 349 Å². The first kappa shape index (κ1) is 52.2. The van der Waals surface area contributed by atoms with Crippen molar-refractivity contribution in [2.45, 2.75) is 135 Å². The van der Waals surface area contributed by atoms with Crippen molar-refractivity contribution >= 4 is 53.3 Å². The van der Waals surface area contributed by atoms with E-state index in [1.807, 2.05) is 19.1 Å². The summed E-state index contributed by atoms with van der Waals surface area (Å²) in [7, 11) is 0. The molecule has 336 valence electrons. The van der Waals surface area contributed by atoms with Crippen molar-refractivity contribution in [1.29, 1.82) is 0 Å². The number of rotatable bonds is 26. The first-order valence-electron chi connectivity index (χ1n) is 19.7. The van der Waals surface area contributed by atoms with E-state index in [-0.39, 0.29) is 37.7 Å². The minimum atomic E-state index is -1.66. The van der Waals surface area contributed by atoms with E-state index >= 15 is 0 Å². The number of nitrogens with zero attached hydrogens (tertiary/aromatic N) is 1. The molecule has 0 aliphatic carbocycles. The van der Waals surface area contributed by atoms with Gasteiger partial charge < -0.3 is 64.4 Å². The number of aliphatic imine (C=N–C) groups is 1. The third-order valence-corrected chi connectivity index (χ3v) is 9.16. The molecule has 21 nitrogen and oxygen atoms in total. The van der Waals surface area contributed by atoms with Gasteiger partial charge in [-0.2, -0.15) is 0 Å². The number of hydrogen-bond donors (Lipinski definition) is 12. The van der Waals surface area contributed by atoms with Crippen LogP contribution < -0.4 is 49.1 Å². The van der Waals surface area contributed by atoms with Gasteiger partial charge >= 0.3 is 11.9 Å². The van der Waals surface area contributed by atoms with E-state index in [9.17, 15) is 53.7 Å². The Morgan fingerprint density at radius 1 is 0.667 bits per heavy atom. The summed E-state index contributed by atoms with van der Waals surface area (Å²) in [6.45, 7) is 11.2. The lowest BCUT2D eigenvalue weighted by Crippen LogP contribution is -2.62. The zero-order valence-electron chi connectivity index (χ0n) is 35.3. The van der Waals surface area contributed by atoms with E-state index in [0.29, 0.717) is 12.0 Å². The van der Waals surface area contributed by atoms with Crippen LogP contribution in [0.25, 0.3) is 0 Å². The molecule has 0 saturated heterocycles. The minimum Gasteiger partial charge on any atom is -0.481 e. The number of amides is 6. The van der Waals surface area contributed by atoms with Gasteiger partial charge in [-0.25, -0.2) is 0 Å². The van der Waals surface area contributed by atoms with Crippen molar-refractivity contribution in [1.82, 2.24) is 31.9 Å². The molecule has 0 saturated carbocycles. The average molecular weight is 849 g/mol. The van der Waals surface area contributed by atoms with Crippen LogP contribution in [0.1, 0.15) is 84.8 Å². The maximum absolute atomic E-state index is 13.8. The van der Waals surface area contributed by atoms with Crippen molar-refractivity contribution in [3.63, 3.8) is 0 Å². The normalized spacial score (nSPS) is 15.1. The van der Waals surface area contributed by atoms with E-state index in [0.717, 1.165) is 5.56 Å². The first-order valence-corrected chi connectivity index (χ1v) is 19.7. The lowest BCUT2D eigenvalue weighted by Gasteiger charge is -2.29. The molecule has 1 aromatic carbocycles. The quantitative estimate of drug-likeness (QED) is 0.0270. The monoisotopic (exact) mass is 848 g/mol. The Bertz CT molecular complexity index is 1670. The molecule has 0 bridgehead atoms. The number of carbonyl (C=O) groups excluding carboxylic acids is 6. The molecule has 1 aromatic rings. The Kier molecular flexibility index (Phi) is 22.3. The van der Waals surface area contributed by atoms with Crippen molar-refractivity contribution < 1.29 is 53.7 Å². The average Bonchev–Trinajstić information content (AvgIpc) is 3.15. The fourth-order valence-electron chi connectivity index (χ4n) is 5.68. The van der Waals surface area contributed by atoms with Gasteiger partial charge in [0.25, 0.3) is 0 Å². The number of carbonyl (C=O) groups is 8. The Morgan fingerprint density at radius 3 is 1.70 bits per heavy atom. The van der Waals surface area contributed by atoms with Gasteiger partial charge in [-0.05, 0) is 63.9 Å². The van der Waals surface area contributed by atoms with Crippen molar-refractivity contribution in [3.8, 4) is 0 Å². The van der Waals surface area contributed by atoms with E-state index in [1.54, 1.807) is 39.8 Å². The Hall–Kier alpha value is -5.83. The molecule has 0 spiro atoms. The molecule has 21 heteroatoms. The van der Waals surface area contributed by atoms with Crippen LogP contribution in [0.15, 0.2) is 29.3 Å². The molecule has 0 aliphatic heterocycles. The van der Waals surface area contributed by atoms with Gasteiger partial charge in [0.2, 0.25) is 35.4 Å². The second-order valence-electron chi connectivity index (χ2n) is 15.5. The number of aliphatic hydroxyl groups excluding tert-OH is 1. The number of aryl methyl sites for hydroxylation is 1. The number of guanidine groups is 1. The van der Waals surface area contributed by atoms with Gasteiger partial charge in [-0.1, -0.05) is 57.5 Å². The van der Waals surface area contributed by atoms with Crippen LogP contribution in [-0.4, -0.2) is 124 Å². The molecule has 0 heterocycles. The van der Waals surface area contributed by atoms with Gasteiger partial charge in [-0.3, -0.25) is 43.3 Å². The zero-order valence-corrected chi connectivity index (χ0v) is 35.3. The maximum atomic E-state index is 13.8. The number of benzene rings is 1. The Morgan fingerprint density at radius 2 is 1.18 bits per heavy atom. The summed E-state index contributed by atoms with van der Waals surface area (Å²) in [5, 5.41) is 44.1. The number of hydrogen-bond acceptors (Lipinski definition) is 11. The zero-order chi connectivity index (χ0) is 45.9. The molecular formula is C39H64N10O11. The molecule has 0 radical (unpaired) electrons. The highest BCUT2D eigenvalue weighted by molar-refractivity contribution is 5.97. The number of aliphatic carboxylic acids is 2. The second kappa shape index (κ2) is 25.6. The summed E-state index contributed by atoms with van der Waals surface area (Å²) in [6, 6.07) is -2.31. The third kappa shape index (κ3) is 19.3. The largest absolute Gasteiger partial charge is 0.481 e. The van der Waals surface area contributed by atoms with E-state index < -0.39 is 115 Å². The SMILES string of the molecule is Cc1ccc(CC(NC(=O)[C@H](N)CCCN=C(N)N)C(=O)NC(C(=O)NC(C(=O)N[C@H](CCC(=O)O)C(=O)NC(CC(C)C)C(=O)N[C@H](C)C(=O)O)C(C)C)[C@@H](C)O)cc1. The van der Waals surface area contributed by atoms with Crippen LogP contribution in [0.3, 0.4) is 0 Å². The molecule has 6 amide bonds. The summed E-state index contributed by atoms with van der Waals surface area (Å²) in [6.07, 6.45) is -1.94. The van der Waals surface area contributed by atoms with E-state index in [2.05, 4.69) is 36.9 Å². The molecular weight excluding hydrogens is 784 g/mol. The topological polar surface area (TPSA) is 360 Å². The summed E-state index contributed by atoms with van der Waals surface area (Å²) in [4.78, 5) is 108. The molecule has 60 heavy (non-hydrogen) atoms. The predicted octanol–water partition coefficient (Wildman–Crippen LogP) is -2.12. The van der Waals surface area contributed by atoms with Crippen LogP contribution >= 0.6 is 0 Å². The molecule has 15 N–H and O–H groups in total. The smallest absolute Gasteiger partial charge is 0.325 e. The number of nitrogens with one attached hydrogen (secondary N) is 6. The fourth-order valence-corrected chi connectivity index (χ4v) is 5.68. The summed E-state index contributed by atoms with van der Waals surface area (Å²) in [5.74, 6) is -8.75. The van der Waals surface area contributed by atoms with Crippen molar-refractivity contribution in [2.24, 2.45) is 34.0 Å². The molecule has 0 fully saturated rings. The molecule has 0 aliphatic rings. The second-order valence-corrected chi connectivity index (χ2v) is 15.5. The van der Waals surface area contributed by atoms with Gasteiger partial charge in [-0.15, -0.1) is 0 Å².